The van der Waals surface area contributed by atoms with Crippen LogP contribution in [0.25, 0.3) is 0 Å². The van der Waals surface area contributed by atoms with E-state index in [1.807, 2.05) is 0 Å². The number of allylic oxidation sites excluding steroid dienone is 12. The zero-order valence-electron chi connectivity index (χ0n) is 49.1. The lowest BCUT2D eigenvalue weighted by Gasteiger charge is -2.18. The molecule has 1 atom stereocenters. The van der Waals surface area contributed by atoms with Crippen LogP contribution in [-0.2, 0) is 28.6 Å². The van der Waals surface area contributed by atoms with E-state index in [4.69, 9.17) is 14.2 Å². The Morgan fingerprint density at radius 2 is 0.527 bits per heavy atom. The Balaban J connectivity index is 4.35. The normalized spacial score (nSPS) is 12.5. The SMILES string of the molecule is CC/C=C\C/C=C\C/C=C\C/C=C\CCCCCCCCCCCCC(=O)OCC(COC(=O)CCCCCCCCCCCCCCCCCC)OC(=O)CCCCCCCCC/C=C\C/C=C\CCCCC. The predicted molar refractivity (Wildman–Crippen MR) is 321 cm³/mol. The van der Waals surface area contributed by atoms with Gasteiger partial charge in [-0.15, -0.1) is 0 Å². The first-order valence-corrected chi connectivity index (χ1v) is 31.9. The quantitative estimate of drug-likeness (QED) is 0.0261. The molecule has 1 unspecified atom stereocenters. The van der Waals surface area contributed by atoms with E-state index in [1.165, 1.54) is 186 Å². The van der Waals surface area contributed by atoms with Crippen LogP contribution in [-0.4, -0.2) is 37.2 Å². The molecule has 74 heavy (non-hydrogen) atoms. The number of esters is 3. The van der Waals surface area contributed by atoms with Crippen LogP contribution in [0.3, 0.4) is 0 Å². The van der Waals surface area contributed by atoms with Crippen LogP contribution in [0.5, 0.6) is 0 Å². The minimum atomic E-state index is -0.781. The van der Waals surface area contributed by atoms with Gasteiger partial charge in [0.15, 0.2) is 6.10 Å². The lowest BCUT2D eigenvalue weighted by molar-refractivity contribution is -0.167. The average Bonchev–Trinajstić information content (AvgIpc) is 3.40. The third-order valence-electron chi connectivity index (χ3n) is 13.9. The average molecular weight is 1030 g/mol. The van der Waals surface area contributed by atoms with Crippen molar-refractivity contribution < 1.29 is 28.6 Å². The molecular formula is C68H120O6. The fraction of sp³-hybridized carbons (Fsp3) is 0.779. The molecule has 0 aliphatic rings. The van der Waals surface area contributed by atoms with Gasteiger partial charge in [0.1, 0.15) is 13.2 Å². The molecule has 428 valence electrons. The summed E-state index contributed by atoms with van der Waals surface area (Å²) < 4.78 is 16.9. The summed E-state index contributed by atoms with van der Waals surface area (Å²) in [7, 11) is 0. The minimum absolute atomic E-state index is 0.0765. The molecule has 0 aromatic rings. The molecule has 0 aliphatic heterocycles. The Bertz CT molecular complexity index is 1370. The Hall–Kier alpha value is -3.15. The van der Waals surface area contributed by atoms with Gasteiger partial charge in [0.05, 0.1) is 0 Å². The largest absolute Gasteiger partial charge is 0.462 e. The first kappa shape index (κ1) is 70.8. The van der Waals surface area contributed by atoms with Gasteiger partial charge in [-0.3, -0.25) is 14.4 Å². The number of hydrogen-bond acceptors (Lipinski definition) is 6. The second kappa shape index (κ2) is 62.4. The molecule has 0 radical (unpaired) electrons. The van der Waals surface area contributed by atoms with Gasteiger partial charge in [-0.25, -0.2) is 0 Å². The summed E-state index contributed by atoms with van der Waals surface area (Å²) in [6.07, 6.45) is 80.4. The minimum Gasteiger partial charge on any atom is -0.462 e. The highest BCUT2D eigenvalue weighted by Gasteiger charge is 2.19. The maximum Gasteiger partial charge on any atom is 0.306 e. The van der Waals surface area contributed by atoms with E-state index < -0.39 is 6.10 Å². The first-order valence-electron chi connectivity index (χ1n) is 31.9. The molecule has 0 spiro atoms. The maximum absolute atomic E-state index is 12.9. The molecule has 0 bridgehead atoms. The summed E-state index contributed by atoms with van der Waals surface area (Å²) in [4.78, 5) is 38.3. The van der Waals surface area contributed by atoms with Gasteiger partial charge in [0.25, 0.3) is 0 Å². The zero-order valence-corrected chi connectivity index (χ0v) is 49.1. The summed E-state index contributed by atoms with van der Waals surface area (Å²) >= 11 is 0. The Morgan fingerprint density at radius 3 is 0.851 bits per heavy atom. The van der Waals surface area contributed by atoms with Crippen molar-refractivity contribution in [1.29, 1.82) is 0 Å². The number of hydrogen-bond donors (Lipinski definition) is 0. The van der Waals surface area contributed by atoms with Crippen molar-refractivity contribution in [3.63, 3.8) is 0 Å². The van der Waals surface area contributed by atoms with Crippen LogP contribution < -0.4 is 0 Å². The Labute approximate surface area is 459 Å². The van der Waals surface area contributed by atoms with Gasteiger partial charge in [-0.05, 0) is 89.9 Å². The monoisotopic (exact) mass is 1030 g/mol. The van der Waals surface area contributed by atoms with Crippen molar-refractivity contribution in [3.8, 4) is 0 Å². The third kappa shape index (κ3) is 59.7. The summed E-state index contributed by atoms with van der Waals surface area (Å²) in [6, 6.07) is 0. The van der Waals surface area contributed by atoms with E-state index in [1.54, 1.807) is 0 Å². The van der Waals surface area contributed by atoms with E-state index in [0.717, 1.165) is 96.3 Å². The van der Waals surface area contributed by atoms with Gasteiger partial charge >= 0.3 is 17.9 Å². The van der Waals surface area contributed by atoms with Crippen molar-refractivity contribution in [2.24, 2.45) is 0 Å². The highest BCUT2D eigenvalue weighted by atomic mass is 16.6. The number of carbonyl (C=O) groups excluding carboxylic acids is 3. The molecule has 0 amide bonds. The van der Waals surface area contributed by atoms with E-state index in [2.05, 4.69) is 93.7 Å². The van der Waals surface area contributed by atoms with Crippen molar-refractivity contribution >= 4 is 17.9 Å². The van der Waals surface area contributed by atoms with E-state index in [-0.39, 0.29) is 31.1 Å². The molecule has 6 heteroatoms. The van der Waals surface area contributed by atoms with E-state index in [9.17, 15) is 14.4 Å². The summed E-state index contributed by atoms with van der Waals surface area (Å²) in [6.45, 7) is 6.54. The molecule has 6 nitrogen and oxygen atoms in total. The predicted octanol–water partition coefficient (Wildman–Crippen LogP) is 21.7. The summed E-state index contributed by atoms with van der Waals surface area (Å²) in [5.74, 6) is -0.872. The van der Waals surface area contributed by atoms with Crippen molar-refractivity contribution in [2.45, 2.75) is 329 Å². The van der Waals surface area contributed by atoms with Gasteiger partial charge in [-0.1, -0.05) is 286 Å². The Morgan fingerprint density at radius 1 is 0.284 bits per heavy atom. The maximum atomic E-state index is 12.9. The highest BCUT2D eigenvalue weighted by Crippen LogP contribution is 2.17. The highest BCUT2D eigenvalue weighted by molar-refractivity contribution is 5.71. The van der Waals surface area contributed by atoms with Crippen molar-refractivity contribution in [1.82, 2.24) is 0 Å². The standard InChI is InChI=1S/C68H120O6/c1-4-7-10-13-16-19-22-25-28-31-32-33-34-35-36-38-40-43-46-49-52-55-58-61-67(70)73-64-65(63-72-66(69)60-57-54-51-48-45-42-39-30-27-24-21-18-15-12-9-6-3)74-68(71)62-59-56-53-50-47-44-41-37-29-26-23-20-17-14-11-8-5-2/h7,10,16-17,19-20,25-26,28-29,32-33,65H,4-6,8-9,11-15,18,21-24,27,30-31,34-64H2,1-3H3/b10-7-,19-16-,20-17-,28-25-,29-26-,33-32-. The second-order valence-corrected chi connectivity index (χ2v) is 21.3. The topological polar surface area (TPSA) is 78.9 Å². The van der Waals surface area contributed by atoms with Crippen LogP contribution in [0.15, 0.2) is 72.9 Å². The third-order valence-corrected chi connectivity index (χ3v) is 13.9. The molecule has 0 saturated heterocycles. The van der Waals surface area contributed by atoms with Crippen molar-refractivity contribution in [2.75, 3.05) is 13.2 Å². The number of carbonyl (C=O) groups is 3. The van der Waals surface area contributed by atoms with Crippen LogP contribution in [0.2, 0.25) is 0 Å². The smallest absolute Gasteiger partial charge is 0.306 e. The molecule has 0 fully saturated rings. The van der Waals surface area contributed by atoms with Crippen LogP contribution in [0.1, 0.15) is 323 Å². The molecule has 0 aliphatic carbocycles. The lowest BCUT2D eigenvalue weighted by Crippen LogP contribution is -2.30. The molecule has 0 aromatic carbocycles. The summed E-state index contributed by atoms with van der Waals surface area (Å²) in [5.41, 5.74) is 0. The molecule has 0 rings (SSSR count). The zero-order chi connectivity index (χ0) is 53.6. The fourth-order valence-electron chi connectivity index (χ4n) is 9.17. The lowest BCUT2D eigenvalue weighted by atomic mass is 10.0. The van der Waals surface area contributed by atoms with Crippen LogP contribution >= 0.6 is 0 Å². The van der Waals surface area contributed by atoms with Gasteiger partial charge in [0, 0.05) is 19.3 Å². The number of ether oxygens (including phenoxy) is 3. The number of rotatable bonds is 58. The van der Waals surface area contributed by atoms with Crippen LogP contribution in [0, 0.1) is 0 Å². The summed E-state index contributed by atoms with van der Waals surface area (Å²) in [5, 5.41) is 0. The Kier molecular flexibility index (Phi) is 59.7. The second-order valence-electron chi connectivity index (χ2n) is 21.3. The van der Waals surface area contributed by atoms with Gasteiger partial charge in [0.2, 0.25) is 0 Å². The van der Waals surface area contributed by atoms with E-state index >= 15 is 0 Å². The molecule has 0 aromatic heterocycles. The van der Waals surface area contributed by atoms with Gasteiger partial charge in [-0.2, -0.15) is 0 Å². The molecular weight excluding hydrogens is 913 g/mol. The number of unbranched alkanes of at least 4 members (excludes halogenated alkanes) is 35. The first-order chi connectivity index (χ1) is 36.5. The van der Waals surface area contributed by atoms with Crippen molar-refractivity contribution in [3.05, 3.63) is 72.9 Å². The van der Waals surface area contributed by atoms with E-state index in [0.29, 0.717) is 19.3 Å². The molecule has 0 heterocycles. The van der Waals surface area contributed by atoms with Crippen LogP contribution in [0.4, 0.5) is 0 Å². The van der Waals surface area contributed by atoms with Gasteiger partial charge < -0.3 is 14.2 Å². The molecule has 0 N–H and O–H groups in total. The fourth-order valence-corrected chi connectivity index (χ4v) is 9.17. The molecule has 0 saturated carbocycles.